The molecule has 0 aliphatic heterocycles. The van der Waals surface area contributed by atoms with Crippen LogP contribution in [0, 0.1) is 15.2 Å². The highest BCUT2D eigenvalue weighted by Crippen LogP contribution is 2.28. The average molecular weight is 394 g/mol. The van der Waals surface area contributed by atoms with E-state index in [4.69, 9.17) is 11.6 Å². The molecule has 0 saturated carbocycles. The smallest absolute Gasteiger partial charge is 0.131 e. The van der Waals surface area contributed by atoms with Crippen LogP contribution in [0.1, 0.15) is 18.5 Å². The number of benzene rings is 2. The van der Waals surface area contributed by atoms with E-state index in [1.54, 1.807) is 6.92 Å². The second kappa shape index (κ2) is 6.05. The van der Waals surface area contributed by atoms with Gasteiger partial charge in [0.1, 0.15) is 11.6 Å². The molecule has 0 saturated heterocycles. The van der Waals surface area contributed by atoms with Gasteiger partial charge in [0.2, 0.25) is 0 Å². The van der Waals surface area contributed by atoms with Gasteiger partial charge >= 0.3 is 0 Å². The van der Waals surface area contributed by atoms with Crippen LogP contribution in [0.15, 0.2) is 36.4 Å². The van der Waals surface area contributed by atoms with Crippen LogP contribution < -0.4 is 5.32 Å². The molecule has 0 fully saturated rings. The first-order valence-electron chi connectivity index (χ1n) is 5.64. The maximum atomic E-state index is 13.7. The summed E-state index contributed by atoms with van der Waals surface area (Å²) in [6, 6.07) is 8.80. The van der Waals surface area contributed by atoms with Crippen molar-refractivity contribution in [3.63, 3.8) is 0 Å². The van der Waals surface area contributed by atoms with Gasteiger partial charge in [-0.15, -0.1) is 0 Å². The molecule has 100 valence electrons. The van der Waals surface area contributed by atoms with Crippen LogP contribution in [0.25, 0.3) is 0 Å². The second-order valence-corrected chi connectivity index (χ2v) is 5.81. The van der Waals surface area contributed by atoms with E-state index in [0.717, 1.165) is 15.3 Å². The lowest BCUT2D eigenvalue weighted by Gasteiger charge is -2.17. The predicted molar refractivity (Wildman–Crippen MR) is 82.6 cm³/mol. The highest BCUT2D eigenvalue weighted by Gasteiger charge is 2.13. The van der Waals surface area contributed by atoms with E-state index in [9.17, 15) is 8.78 Å². The minimum absolute atomic E-state index is 0.307. The fourth-order valence-corrected chi connectivity index (χ4v) is 2.68. The van der Waals surface area contributed by atoms with Crippen molar-refractivity contribution in [2.24, 2.45) is 0 Å². The third-order valence-electron chi connectivity index (χ3n) is 2.73. The topological polar surface area (TPSA) is 12.0 Å². The summed E-state index contributed by atoms with van der Waals surface area (Å²) in [5.74, 6) is -1.15. The molecule has 1 N–H and O–H groups in total. The summed E-state index contributed by atoms with van der Waals surface area (Å²) in [6.07, 6.45) is 0. The molecular weight excluding hydrogens is 383 g/mol. The molecule has 0 aliphatic rings. The Morgan fingerprint density at radius 2 is 1.89 bits per heavy atom. The van der Waals surface area contributed by atoms with Gasteiger partial charge in [0, 0.05) is 15.2 Å². The summed E-state index contributed by atoms with van der Waals surface area (Å²) >= 11 is 8.27. The lowest BCUT2D eigenvalue weighted by molar-refractivity contribution is 0.566. The van der Waals surface area contributed by atoms with Crippen LogP contribution >= 0.6 is 34.2 Å². The Balaban J connectivity index is 2.23. The molecule has 0 spiro atoms. The van der Waals surface area contributed by atoms with Crippen LogP contribution in [-0.2, 0) is 0 Å². The molecule has 0 amide bonds. The first-order chi connectivity index (χ1) is 8.97. The number of hydrogen-bond acceptors (Lipinski definition) is 1. The van der Waals surface area contributed by atoms with Crippen molar-refractivity contribution in [1.29, 1.82) is 0 Å². The fourth-order valence-electron chi connectivity index (χ4n) is 1.77. The number of anilines is 1. The lowest BCUT2D eigenvalue weighted by atomic mass is 10.1. The van der Waals surface area contributed by atoms with Gasteiger partial charge in [-0.2, -0.15) is 0 Å². The monoisotopic (exact) mass is 393 g/mol. The molecule has 1 unspecified atom stereocenters. The van der Waals surface area contributed by atoms with E-state index in [0.29, 0.717) is 10.6 Å². The zero-order valence-electron chi connectivity index (χ0n) is 10.1. The minimum atomic E-state index is -0.583. The molecule has 0 aromatic heterocycles. The van der Waals surface area contributed by atoms with Gasteiger partial charge in [0.05, 0.1) is 16.8 Å². The number of hydrogen-bond donors (Lipinski definition) is 1. The molecule has 0 bridgehead atoms. The Morgan fingerprint density at radius 3 is 2.53 bits per heavy atom. The quantitative estimate of drug-likeness (QED) is 0.689. The summed E-state index contributed by atoms with van der Waals surface area (Å²) in [4.78, 5) is 0. The molecule has 0 aliphatic carbocycles. The van der Waals surface area contributed by atoms with Gasteiger partial charge in [0.25, 0.3) is 0 Å². The molecular formula is C14H11ClF2IN. The number of nitrogens with one attached hydrogen (secondary N) is 1. The normalized spacial score (nSPS) is 12.3. The molecule has 19 heavy (non-hydrogen) atoms. The standard InChI is InChI=1S/C14H11ClF2IN/c1-8(11-4-2-9(16)6-13(11)17)19-14-5-3-10(18)7-12(14)15/h2-8,19H,1H3. The van der Waals surface area contributed by atoms with Crippen molar-refractivity contribution >= 4 is 39.9 Å². The molecule has 1 nitrogen and oxygen atoms in total. The summed E-state index contributed by atoms with van der Waals surface area (Å²) < 4.78 is 27.5. The van der Waals surface area contributed by atoms with Crippen LogP contribution in [0.5, 0.6) is 0 Å². The van der Waals surface area contributed by atoms with Crippen LogP contribution in [0.2, 0.25) is 5.02 Å². The highest BCUT2D eigenvalue weighted by atomic mass is 127. The van der Waals surface area contributed by atoms with Crippen molar-refractivity contribution in [2.45, 2.75) is 13.0 Å². The average Bonchev–Trinajstić information content (AvgIpc) is 2.32. The highest BCUT2D eigenvalue weighted by molar-refractivity contribution is 14.1. The molecule has 1 atom stereocenters. The van der Waals surface area contributed by atoms with Gasteiger partial charge in [-0.05, 0) is 53.8 Å². The Labute approximate surface area is 129 Å². The third-order valence-corrected chi connectivity index (χ3v) is 3.72. The van der Waals surface area contributed by atoms with Crippen molar-refractivity contribution in [3.8, 4) is 0 Å². The first kappa shape index (κ1) is 14.5. The maximum Gasteiger partial charge on any atom is 0.131 e. The fraction of sp³-hybridized carbons (Fsp3) is 0.143. The summed E-state index contributed by atoms with van der Waals surface area (Å²) in [5, 5.41) is 3.69. The van der Waals surface area contributed by atoms with Crippen LogP contribution in [0.3, 0.4) is 0 Å². The van der Waals surface area contributed by atoms with Crippen molar-refractivity contribution in [2.75, 3.05) is 5.32 Å². The van der Waals surface area contributed by atoms with Crippen LogP contribution in [-0.4, -0.2) is 0 Å². The molecule has 5 heteroatoms. The van der Waals surface area contributed by atoms with Crippen molar-refractivity contribution in [3.05, 3.63) is 62.2 Å². The van der Waals surface area contributed by atoms with E-state index >= 15 is 0 Å². The molecule has 0 radical (unpaired) electrons. The molecule has 0 heterocycles. The zero-order valence-corrected chi connectivity index (χ0v) is 13.0. The third kappa shape index (κ3) is 3.57. The molecule has 2 aromatic rings. The minimum Gasteiger partial charge on any atom is -0.377 e. The van der Waals surface area contributed by atoms with E-state index in [2.05, 4.69) is 27.9 Å². The summed E-state index contributed by atoms with van der Waals surface area (Å²) in [6.45, 7) is 1.80. The zero-order chi connectivity index (χ0) is 14.0. The number of rotatable bonds is 3. The van der Waals surface area contributed by atoms with E-state index in [1.165, 1.54) is 12.1 Å². The van der Waals surface area contributed by atoms with Gasteiger partial charge in [-0.3, -0.25) is 0 Å². The Morgan fingerprint density at radius 1 is 1.16 bits per heavy atom. The molecule has 2 rings (SSSR count). The Bertz CT molecular complexity index is 604. The second-order valence-electron chi connectivity index (χ2n) is 4.16. The number of halogens is 4. The van der Waals surface area contributed by atoms with E-state index in [-0.39, 0.29) is 6.04 Å². The van der Waals surface area contributed by atoms with Crippen molar-refractivity contribution < 1.29 is 8.78 Å². The predicted octanol–water partition coefficient (Wildman–Crippen LogP) is 5.40. The van der Waals surface area contributed by atoms with E-state index < -0.39 is 11.6 Å². The van der Waals surface area contributed by atoms with Crippen molar-refractivity contribution in [1.82, 2.24) is 0 Å². The first-order valence-corrected chi connectivity index (χ1v) is 7.09. The Hall–Kier alpha value is -0.880. The van der Waals surface area contributed by atoms with Gasteiger partial charge in [0.15, 0.2) is 0 Å². The SMILES string of the molecule is CC(Nc1ccc(I)cc1Cl)c1ccc(F)cc1F. The summed E-state index contributed by atoms with van der Waals surface area (Å²) in [5.41, 5.74) is 1.12. The Kier molecular flexibility index (Phi) is 4.62. The van der Waals surface area contributed by atoms with Gasteiger partial charge in [-0.1, -0.05) is 17.7 Å². The van der Waals surface area contributed by atoms with E-state index in [1.807, 2.05) is 18.2 Å². The van der Waals surface area contributed by atoms with Crippen LogP contribution in [0.4, 0.5) is 14.5 Å². The lowest BCUT2D eigenvalue weighted by Crippen LogP contribution is -2.09. The summed E-state index contributed by atoms with van der Waals surface area (Å²) in [7, 11) is 0. The van der Waals surface area contributed by atoms with Gasteiger partial charge < -0.3 is 5.32 Å². The molecule has 2 aromatic carbocycles. The largest absolute Gasteiger partial charge is 0.377 e. The van der Waals surface area contributed by atoms with Gasteiger partial charge in [-0.25, -0.2) is 8.78 Å². The maximum absolute atomic E-state index is 13.7.